The van der Waals surface area contributed by atoms with E-state index >= 15 is 0 Å². The van der Waals surface area contributed by atoms with E-state index in [4.69, 9.17) is 4.74 Å². The Hall–Kier alpha value is -0.380. The maximum absolute atomic E-state index is 5.41. The van der Waals surface area contributed by atoms with Crippen molar-refractivity contribution in [1.29, 1.82) is 0 Å². The van der Waals surface area contributed by atoms with Crippen LogP contribution in [0.15, 0.2) is 17.5 Å². The van der Waals surface area contributed by atoms with Crippen molar-refractivity contribution in [3.63, 3.8) is 0 Å². The molecule has 2 rings (SSSR count). The van der Waals surface area contributed by atoms with Crippen molar-refractivity contribution >= 4 is 11.3 Å². The second-order valence-electron chi connectivity index (χ2n) is 4.32. The molecule has 2 heterocycles. The molecule has 0 amide bonds. The summed E-state index contributed by atoms with van der Waals surface area (Å²) in [6.45, 7) is 6.36. The summed E-state index contributed by atoms with van der Waals surface area (Å²) in [5.41, 5.74) is 0. The fraction of sp³-hybridized carbons (Fsp3) is 0.667. The molecule has 1 aromatic rings. The van der Waals surface area contributed by atoms with Gasteiger partial charge in [-0.2, -0.15) is 0 Å². The van der Waals surface area contributed by atoms with Crippen molar-refractivity contribution < 1.29 is 4.74 Å². The van der Waals surface area contributed by atoms with E-state index < -0.39 is 0 Å². The highest BCUT2D eigenvalue weighted by Crippen LogP contribution is 2.22. The Bertz CT molecular complexity index is 280. The highest BCUT2D eigenvalue weighted by molar-refractivity contribution is 7.10. The Morgan fingerprint density at radius 2 is 2.40 bits per heavy atom. The maximum atomic E-state index is 5.41. The van der Waals surface area contributed by atoms with Gasteiger partial charge in [-0.05, 0) is 37.6 Å². The van der Waals surface area contributed by atoms with Crippen LogP contribution in [-0.4, -0.2) is 19.3 Å². The first-order chi connectivity index (χ1) is 7.27. The minimum atomic E-state index is 0.459. The lowest BCUT2D eigenvalue weighted by atomic mass is 10.00. The van der Waals surface area contributed by atoms with Gasteiger partial charge in [0.25, 0.3) is 0 Å². The standard InChI is InChI=1S/C12H19NOS/c1-9(11-5-6-14-8-11)13-10(2)12-4-3-7-15-12/h3-4,7,9-11,13H,5-6,8H2,1-2H3/t9?,10-,11?/m1/s1. The van der Waals surface area contributed by atoms with Crippen LogP contribution in [0.25, 0.3) is 0 Å². The highest BCUT2D eigenvalue weighted by atomic mass is 32.1. The van der Waals surface area contributed by atoms with Crippen LogP contribution < -0.4 is 5.32 Å². The van der Waals surface area contributed by atoms with Crippen molar-refractivity contribution in [3.05, 3.63) is 22.4 Å². The molecule has 0 radical (unpaired) electrons. The summed E-state index contributed by atoms with van der Waals surface area (Å²) in [7, 11) is 0. The summed E-state index contributed by atoms with van der Waals surface area (Å²) in [6, 6.07) is 5.31. The molecule has 0 spiro atoms. The molecule has 15 heavy (non-hydrogen) atoms. The van der Waals surface area contributed by atoms with Gasteiger partial charge in [0, 0.05) is 23.6 Å². The molecule has 2 unspecified atom stereocenters. The lowest BCUT2D eigenvalue weighted by molar-refractivity contribution is 0.177. The zero-order valence-corrected chi connectivity index (χ0v) is 10.2. The molecule has 1 saturated heterocycles. The van der Waals surface area contributed by atoms with Gasteiger partial charge in [0.15, 0.2) is 0 Å². The van der Waals surface area contributed by atoms with Gasteiger partial charge in [-0.1, -0.05) is 6.07 Å². The predicted octanol–water partition coefficient (Wildman–Crippen LogP) is 2.82. The average Bonchev–Trinajstić information content (AvgIpc) is 2.91. The van der Waals surface area contributed by atoms with Gasteiger partial charge in [-0.25, -0.2) is 0 Å². The Kier molecular flexibility index (Phi) is 3.78. The smallest absolute Gasteiger partial charge is 0.0509 e. The SMILES string of the molecule is CC(N[C@H](C)c1cccs1)C1CCOC1. The average molecular weight is 225 g/mol. The molecule has 3 atom stereocenters. The van der Waals surface area contributed by atoms with E-state index in [0.29, 0.717) is 18.0 Å². The third-order valence-electron chi connectivity index (χ3n) is 3.15. The van der Waals surface area contributed by atoms with Crippen molar-refractivity contribution in [2.45, 2.75) is 32.4 Å². The molecule has 0 aliphatic carbocycles. The van der Waals surface area contributed by atoms with E-state index in [1.165, 1.54) is 11.3 Å². The third kappa shape index (κ3) is 2.80. The van der Waals surface area contributed by atoms with Crippen LogP contribution in [0.1, 0.15) is 31.2 Å². The molecule has 1 fully saturated rings. The van der Waals surface area contributed by atoms with E-state index in [9.17, 15) is 0 Å². The summed E-state index contributed by atoms with van der Waals surface area (Å²) in [6.07, 6.45) is 1.20. The summed E-state index contributed by atoms with van der Waals surface area (Å²) >= 11 is 1.82. The van der Waals surface area contributed by atoms with Crippen molar-refractivity contribution in [1.82, 2.24) is 5.32 Å². The first-order valence-electron chi connectivity index (χ1n) is 5.64. The highest BCUT2D eigenvalue weighted by Gasteiger charge is 2.23. The Labute approximate surface area is 95.6 Å². The second kappa shape index (κ2) is 5.10. The van der Waals surface area contributed by atoms with E-state index in [0.717, 1.165) is 13.2 Å². The van der Waals surface area contributed by atoms with Crippen LogP contribution >= 0.6 is 11.3 Å². The van der Waals surface area contributed by atoms with Crippen LogP contribution in [0.3, 0.4) is 0 Å². The van der Waals surface area contributed by atoms with E-state index in [1.807, 2.05) is 11.3 Å². The number of ether oxygens (including phenoxy) is 1. The first-order valence-corrected chi connectivity index (χ1v) is 6.52. The number of hydrogen-bond donors (Lipinski definition) is 1. The Morgan fingerprint density at radius 3 is 3.00 bits per heavy atom. The van der Waals surface area contributed by atoms with E-state index in [-0.39, 0.29) is 0 Å². The molecular formula is C12H19NOS. The summed E-state index contributed by atoms with van der Waals surface area (Å²) in [5, 5.41) is 5.79. The van der Waals surface area contributed by atoms with Gasteiger partial charge in [0.05, 0.1) is 6.61 Å². The topological polar surface area (TPSA) is 21.3 Å². The van der Waals surface area contributed by atoms with Crippen molar-refractivity contribution in [3.8, 4) is 0 Å². The van der Waals surface area contributed by atoms with E-state index in [2.05, 4.69) is 36.7 Å². The number of nitrogens with one attached hydrogen (secondary N) is 1. The number of thiophene rings is 1. The Balaban J connectivity index is 1.85. The quantitative estimate of drug-likeness (QED) is 0.851. The largest absolute Gasteiger partial charge is 0.381 e. The maximum Gasteiger partial charge on any atom is 0.0509 e. The summed E-state index contributed by atoms with van der Waals surface area (Å²) in [4.78, 5) is 1.42. The minimum absolute atomic E-state index is 0.459. The normalized spacial score (nSPS) is 25.3. The monoisotopic (exact) mass is 225 g/mol. The molecule has 0 saturated carbocycles. The van der Waals surface area contributed by atoms with Crippen LogP contribution in [0.2, 0.25) is 0 Å². The van der Waals surface area contributed by atoms with Crippen LogP contribution in [0, 0.1) is 5.92 Å². The molecule has 0 bridgehead atoms. The lowest BCUT2D eigenvalue weighted by Crippen LogP contribution is -2.35. The van der Waals surface area contributed by atoms with Crippen LogP contribution in [-0.2, 0) is 4.74 Å². The van der Waals surface area contributed by atoms with E-state index in [1.54, 1.807) is 0 Å². The van der Waals surface area contributed by atoms with Crippen molar-refractivity contribution in [2.75, 3.05) is 13.2 Å². The summed E-state index contributed by atoms with van der Waals surface area (Å²) < 4.78 is 5.41. The van der Waals surface area contributed by atoms with Crippen LogP contribution in [0.4, 0.5) is 0 Å². The second-order valence-corrected chi connectivity index (χ2v) is 5.30. The molecule has 1 aromatic heterocycles. The van der Waals surface area contributed by atoms with Gasteiger partial charge < -0.3 is 10.1 Å². The Morgan fingerprint density at radius 1 is 1.53 bits per heavy atom. The lowest BCUT2D eigenvalue weighted by Gasteiger charge is -2.23. The molecule has 0 aromatic carbocycles. The molecule has 1 aliphatic rings. The molecule has 1 aliphatic heterocycles. The first kappa shape index (κ1) is 11.1. The molecular weight excluding hydrogens is 206 g/mol. The molecule has 1 N–H and O–H groups in total. The molecule has 3 heteroatoms. The molecule has 84 valence electrons. The number of rotatable bonds is 4. The molecule has 2 nitrogen and oxygen atoms in total. The fourth-order valence-corrected chi connectivity index (χ4v) is 2.84. The van der Waals surface area contributed by atoms with Gasteiger partial charge in [-0.3, -0.25) is 0 Å². The predicted molar refractivity (Wildman–Crippen MR) is 64.3 cm³/mol. The minimum Gasteiger partial charge on any atom is -0.381 e. The van der Waals surface area contributed by atoms with Crippen LogP contribution in [0.5, 0.6) is 0 Å². The summed E-state index contributed by atoms with van der Waals surface area (Å²) in [5.74, 6) is 0.687. The van der Waals surface area contributed by atoms with Gasteiger partial charge in [-0.15, -0.1) is 11.3 Å². The zero-order chi connectivity index (χ0) is 10.7. The van der Waals surface area contributed by atoms with Gasteiger partial charge in [0.1, 0.15) is 0 Å². The fourth-order valence-electron chi connectivity index (χ4n) is 2.10. The number of hydrogen-bond acceptors (Lipinski definition) is 3. The van der Waals surface area contributed by atoms with Crippen molar-refractivity contribution in [2.24, 2.45) is 5.92 Å². The zero-order valence-electron chi connectivity index (χ0n) is 9.40. The van der Waals surface area contributed by atoms with Gasteiger partial charge in [0.2, 0.25) is 0 Å². The third-order valence-corrected chi connectivity index (χ3v) is 4.21. The van der Waals surface area contributed by atoms with Gasteiger partial charge >= 0.3 is 0 Å².